The Kier molecular flexibility index (Phi) is 3.60. The maximum Gasteiger partial charge on any atom is 0.249 e. The van der Waals surface area contributed by atoms with E-state index in [0.717, 1.165) is 11.3 Å². The van der Waals surface area contributed by atoms with Gasteiger partial charge < -0.3 is 10.2 Å². The maximum absolute atomic E-state index is 12.3. The van der Waals surface area contributed by atoms with Crippen LogP contribution in [0, 0.1) is 6.92 Å². The molecule has 1 atom stereocenters. The topological polar surface area (TPSA) is 62.3 Å². The van der Waals surface area contributed by atoms with Crippen LogP contribution in [0.3, 0.4) is 0 Å². The van der Waals surface area contributed by atoms with Gasteiger partial charge in [-0.2, -0.15) is 0 Å². The summed E-state index contributed by atoms with van der Waals surface area (Å²) in [5.41, 5.74) is 1.76. The Bertz CT molecular complexity index is 473. The second-order valence-electron chi connectivity index (χ2n) is 4.49. The Balaban J connectivity index is 2.30. The van der Waals surface area contributed by atoms with E-state index < -0.39 is 6.04 Å². The Morgan fingerprint density at radius 1 is 1.44 bits per heavy atom. The lowest BCUT2D eigenvalue weighted by Gasteiger charge is -2.23. The third-order valence-electron chi connectivity index (χ3n) is 3.04. The summed E-state index contributed by atoms with van der Waals surface area (Å²) in [6.07, 6.45) is 4.33. The van der Waals surface area contributed by atoms with Gasteiger partial charge in [-0.1, -0.05) is 6.92 Å². The van der Waals surface area contributed by atoms with E-state index in [1.165, 1.54) is 0 Å². The van der Waals surface area contributed by atoms with Crippen molar-refractivity contribution >= 4 is 17.5 Å². The summed E-state index contributed by atoms with van der Waals surface area (Å²) < 4.78 is 0. The number of hydrogen-bond donors (Lipinski definition) is 1. The summed E-state index contributed by atoms with van der Waals surface area (Å²) >= 11 is 0. The Labute approximate surface area is 106 Å². The molecule has 2 rings (SSSR count). The molecule has 0 bridgehead atoms. The van der Waals surface area contributed by atoms with Crippen molar-refractivity contribution in [2.24, 2.45) is 0 Å². The summed E-state index contributed by atoms with van der Waals surface area (Å²) in [5.74, 6) is -0.130. The molecule has 1 aliphatic rings. The van der Waals surface area contributed by atoms with Gasteiger partial charge >= 0.3 is 0 Å². The summed E-state index contributed by atoms with van der Waals surface area (Å²) in [7, 11) is 0. The van der Waals surface area contributed by atoms with Crippen molar-refractivity contribution in [1.29, 1.82) is 0 Å². The fourth-order valence-electron chi connectivity index (χ4n) is 2.06. The predicted octanol–water partition coefficient (Wildman–Crippen LogP) is 1.02. The van der Waals surface area contributed by atoms with Gasteiger partial charge in [-0.05, 0) is 25.0 Å². The average Bonchev–Trinajstić information content (AvgIpc) is 2.49. The molecule has 1 unspecified atom stereocenters. The lowest BCUT2D eigenvalue weighted by molar-refractivity contribution is -0.125. The van der Waals surface area contributed by atoms with Crippen LogP contribution in [0.25, 0.3) is 0 Å². The molecule has 1 N–H and O–H groups in total. The molecule has 1 fully saturated rings. The van der Waals surface area contributed by atoms with Crippen molar-refractivity contribution in [2.45, 2.75) is 32.7 Å². The molecule has 5 heteroatoms. The molecule has 0 aromatic carbocycles. The van der Waals surface area contributed by atoms with E-state index in [2.05, 4.69) is 10.3 Å². The number of pyridine rings is 1. The third kappa shape index (κ3) is 2.50. The Morgan fingerprint density at radius 3 is 2.89 bits per heavy atom. The maximum atomic E-state index is 12.3. The van der Waals surface area contributed by atoms with Crippen LogP contribution < -0.4 is 10.2 Å². The zero-order chi connectivity index (χ0) is 13.1. The van der Waals surface area contributed by atoms with Crippen LogP contribution in [0.2, 0.25) is 0 Å². The van der Waals surface area contributed by atoms with E-state index in [-0.39, 0.29) is 11.8 Å². The van der Waals surface area contributed by atoms with Crippen LogP contribution in [0.1, 0.15) is 25.3 Å². The highest BCUT2D eigenvalue weighted by atomic mass is 16.2. The summed E-state index contributed by atoms with van der Waals surface area (Å²) in [6, 6.07) is 1.48. The van der Waals surface area contributed by atoms with Crippen molar-refractivity contribution in [3.8, 4) is 0 Å². The van der Waals surface area contributed by atoms with Gasteiger partial charge in [0.2, 0.25) is 11.8 Å². The van der Waals surface area contributed by atoms with E-state index in [0.29, 0.717) is 19.4 Å². The number of amides is 2. The lowest BCUT2D eigenvalue weighted by atomic mass is 10.2. The van der Waals surface area contributed by atoms with Gasteiger partial charge in [0.15, 0.2) is 0 Å². The van der Waals surface area contributed by atoms with Gasteiger partial charge in [-0.15, -0.1) is 0 Å². The smallest absolute Gasteiger partial charge is 0.249 e. The van der Waals surface area contributed by atoms with Crippen LogP contribution in [0.15, 0.2) is 18.5 Å². The molecule has 96 valence electrons. The number of rotatable bonds is 2. The largest absolute Gasteiger partial charge is 0.344 e. The van der Waals surface area contributed by atoms with Crippen molar-refractivity contribution in [2.75, 3.05) is 11.4 Å². The fraction of sp³-hybridized carbons (Fsp3) is 0.462. The quantitative estimate of drug-likeness (QED) is 0.848. The van der Waals surface area contributed by atoms with Crippen LogP contribution in [-0.4, -0.2) is 29.4 Å². The van der Waals surface area contributed by atoms with Gasteiger partial charge in [-0.3, -0.25) is 14.6 Å². The van der Waals surface area contributed by atoms with E-state index in [4.69, 9.17) is 0 Å². The molecule has 0 spiro atoms. The fourth-order valence-corrected chi connectivity index (χ4v) is 2.06. The first-order valence-corrected chi connectivity index (χ1v) is 6.14. The van der Waals surface area contributed by atoms with Gasteiger partial charge in [0.25, 0.3) is 0 Å². The van der Waals surface area contributed by atoms with Crippen molar-refractivity contribution in [1.82, 2.24) is 10.3 Å². The number of hydrogen-bond acceptors (Lipinski definition) is 3. The lowest BCUT2D eigenvalue weighted by Crippen LogP contribution is -2.44. The van der Waals surface area contributed by atoms with Gasteiger partial charge in [0, 0.05) is 19.2 Å². The van der Waals surface area contributed by atoms with E-state index >= 15 is 0 Å². The van der Waals surface area contributed by atoms with E-state index in [1.54, 1.807) is 17.3 Å². The molecule has 1 aliphatic heterocycles. The van der Waals surface area contributed by atoms with Crippen molar-refractivity contribution in [3.63, 3.8) is 0 Å². The second-order valence-corrected chi connectivity index (χ2v) is 4.49. The highest BCUT2D eigenvalue weighted by molar-refractivity contribution is 6.01. The summed E-state index contributed by atoms with van der Waals surface area (Å²) in [5, 5.41) is 2.74. The number of carbonyl (C=O) groups is 2. The van der Waals surface area contributed by atoms with E-state index in [9.17, 15) is 9.59 Å². The molecular formula is C13H17N3O2. The highest BCUT2D eigenvalue weighted by Crippen LogP contribution is 2.18. The van der Waals surface area contributed by atoms with Crippen LogP contribution in [0.5, 0.6) is 0 Å². The minimum atomic E-state index is -0.430. The molecule has 5 nitrogen and oxygen atoms in total. The monoisotopic (exact) mass is 247 g/mol. The predicted molar refractivity (Wildman–Crippen MR) is 68.2 cm³/mol. The molecule has 2 heterocycles. The first-order valence-electron chi connectivity index (χ1n) is 6.14. The molecule has 18 heavy (non-hydrogen) atoms. The zero-order valence-corrected chi connectivity index (χ0v) is 10.6. The minimum Gasteiger partial charge on any atom is -0.344 e. The molecule has 0 saturated carbocycles. The molecular weight excluding hydrogens is 230 g/mol. The summed E-state index contributed by atoms with van der Waals surface area (Å²) in [4.78, 5) is 29.6. The third-order valence-corrected chi connectivity index (χ3v) is 3.04. The zero-order valence-electron chi connectivity index (χ0n) is 10.6. The number of carbonyl (C=O) groups excluding carboxylic acids is 2. The van der Waals surface area contributed by atoms with Crippen molar-refractivity contribution < 1.29 is 9.59 Å². The molecule has 1 aromatic rings. The number of nitrogens with zero attached hydrogens (tertiary/aromatic N) is 2. The standard InChI is InChI=1S/C13H17N3O2/c1-3-11-13(18)16(5-4-12(17)15-11)10-6-9(2)7-14-8-10/h6-8,11H,3-5H2,1-2H3,(H,15,17). The summed E-state index contributed by atoms with van der Waals surface area (Å²) in [6.45, 7) is 4.23. The van der Waals surface area contributed by atoms with Crippen molar-refractivity contribution in [3.05, 3.63) is 24.0 Å². The molecule has 0 aliphatic carbocycles. The SMILES string of the molecule is CCC1NC(=O)CCN(c2cncc(C)c2)C1=O. The Hall–Kier alpha value is -1.91. The number of aryl methyl sites for hydroxylation is 1. The molecule has 1 saturated heterocycles. The molecule has 2 amide bonds. The number of aromatic nitrogens is 1. The van der Waals surface area contributed by atoms with Gasteiger partial charge in [-0.25, -0.2) is 0 Å². The first-order chi connectivity index (χ1) is 8.61. The first kappa shape index (κ1) is 12.5. The number of anilines is 1. The van der Waals surface area contributed by atoms with E-state index in [1.807, 2.05) is 19.9 Å². The van der Waals surface area contributed by atoms with Gasteiger partial charge in [0.1, 0.15) is 6.04 Å². The van der Waals surface area contributed by atoms with Gasteiger partial charge in [0.05, 0.1) is 11.9 Å². The highest BCUT2D eigenvalue weighted by Gasteiger charge is 2.29. The molecule has 0 radical (unpaired) electrons. The minimum absolute atomic E-state index is 0.0595. The molecule has 1 aromatic heterocycles. The van der Waals surface area contributed by atoms with Crippen LogP contribution in [-0.2, 0) is 9.59 Å². The van der Waals surface area contributed by atoms with Crippen LogP contribution >= 0.6 is 0 Å². The normalized spacial score (nSPS) is 20.6. The Morgan fingerprint density at radius 2 is 2.22 bits per heavy atom. The van der Waals surface area contributed by atoms with Crippen LogP contribution in [0.4, 0.5) is 5.69 Å². The number of nitrogens with one attached hydrogen (secondary N) is 1. The second kappa shape index (κ2) is 5.16. The average molecular weight is 247 g/mol.